The second-order valence-corrected chi connectivity index (χ2v) is 9.25. The van der Waals surface area contributed by atoms with E-state index in [-0.39, 0.29) is 16.2 Å². The molecule has 1 aliphatic rings. The SMILES string of the molecule is CCCc1[nH]nc2c(=O)[nH]c(-c3cc(S(=O)(=O)N4CCNCC4)ccc3OCC)nc12. The molecule has 3 heterocycles. The van der Waals surface area contributed by atoms with E-state index in [1.807, 2.05) is 13.8 Å². The first-order valence-electron chi connectivity index (χ1n) is 10.4. The van der Waals surface area contributed by atoms with Gasteiger partial charge in [-0.05, 0) is 31.5 Å². The third-order valence-electron chi connectivity index (χ3n) is 5.20. The van der Waals surface area contributed by atoms with Crippen molar-refractivity contribution in [3.63, 3.8) is 0 Å². The zero-order valence-electron chi connectivity index (χ0n) is 17.6. The number of H-pyrrole nitrogens is 2. The van der Waals surface area contributed by atoms with Crippen LogP contribution in [0.5, 0.6) is 5.75 Å². The average Bonchev–Trinajstić information content (AvgIpc) is 3.18. The lowest BCUT2D eigenvalue weighted by Gasteiger charge is -2.26. The number of aromatic amines is 2. The Balaban J connectivity index is 1.86. The Morgan fingerprint density at radius 2 is 1.94 bits per heavy atom. The number of benzene rings is 1. The number of rotatable bonds is 7. The van der Waals surface area contributed by atoms with Gasteiger partial charge in [0.25, 0.3) is 5.56 Å². The molecule has 1 saturated heterocycles. The predicted octanol–water partition coefficient (Wildman–Crippen LogP) is 1.26. The van der Waals surface area contributed by atoms with Crippen molar-refractivity contribution in [3.05, 3.63) is 34.2 Å². The van der Waals surface area contributed by atoms with E-state index in [4.69, 9.17) is 4.74 Å². The lowest BCUT2D eigenvalue weighted by Crippen LogP contribution is -2.46. The number of hydrogen-bond donors (Lipinski definition) is 3. The topological polar surface area (TPSA) is 133 Å². The normalized spacial score (nSPS) is 15.4. The van der Waals surface area contributed by atoms with Crippen LogP contribution in [0.3, 0.4) is 0 Å². The third kappa shape index (κ3) is 4.08. The molecule has 10 nitrogen and oxygen atoms in total. The van der Waals surface area contributed by atoms with Gasteiger partial charge in [0.05, 0.1) is 22.8 Å². The zero-order chi connectivity index (χ0) is 22.0. The van der Waals surface area contributed by atoms with Crippen LogP contribution in [0.15, 0.2) is 27.9 Å². The first kappa shape index (κ1) is 21.5. The quantitative estimate of drug-likeness (QED) is 0.497. The lowest BCUT2D eigenvalue weighted by atomic mass is 10.1. The summed E-state index contributed by atoms with van der Waals surface area (Å²) < 4.78 is 33.5. The maximum atomic E-state index is 13.2. The summed E-state index contributed by atoms with van der Waals surface area (Å²) in [5.41, 5.74) is 1.51. The fourth-order valence-electron chi connectivity index (χ4n) is 3.68. The highest BCUT2D eigenvalue weighted by Gasteiger charge is 2.27. The van der Waals surface area contributed by atoms with Gasteiger partial charge in [-0.25, -0.2) is 13.4 Å². The van der Waals surface area contributed by atoms with Gasteiger partial charge in [-0.3, -0.25) is 9.89 Å². The molecule has 11 heteroatoms. The molecule has 0 unspecified atom stereocenters. The highest BCUT2D eigenvalue weighted by Crippen LogP contribution is 2.32. The molecule has 166 valence electrons. The summed E-state index contributed by atoms with van der Waals surface area (Å²) in [6.07, 6.45) is 1.56. The number of aryl methyl sites for hydroxylation is 1. The van der Waals surface area contributed by atoms with E-state index in [0.717, 1.165) is 12.1 Å². The average molecular weight is 447 g/mol. The molecule has 1 aliphatic heterocycles. The van der Waals surface area contributed by atoms with Crippen LogP contribution in [0, 0.1) is 0 Å². The van der Waals surface area contributed by atoms with Crippen LogP contribution in [0.2, 0.25) is 0 Å². The maximum Gasteiger partial charge on any atom is 0.279 e. The Hall–Kier alpha value is -2.76. The molecule has 0 saturated carbocycles. The van der Waals surface area contributed by atoms with Crippen LogP contribution in [0.4, 0.5) is 0 Å². The largest absolute Gasteiger partial charge is 0.493 e. The van der Waals surface area contributed by atoms with Gasteiger partial charge < -0.3 is 15.0 Å². The van der Waals surface area contributed by atoms with Crippen LogP contribution in [-0.4, -0.2) is 65.7 Å². The van der Waals surface area contributed by atoms with E-state index in [2.05, 4.69) is 25.5 Å². The third-order valence-corrected chi connectivity index (χ3v) is 7.10. The van der Waals surface area contributed by atoms with Gasteiger partial charge in [0.2, 0.25) is 10.0 Å². The molecule has 2 aromatic heterocycles. The predicted molar refractivity (Wildman–Crippen MR) is 117 cm³/mol. The van der Waals surface area contributed by atoms with Crippen molar-refractivity contribution in [1.29, 1.82) is 0 Å². The molecule has 31 heavy (non-hydrogen) atoms. The smallest absolute Gasteiger partial charge is 0.279 e. The monoisotopic (exact) mass is 446 g/mol. The highest BCUT2D eigenvalue weighted by atomic mass is 32.2. The first-order valence-corrected chi connectivity index (χ1v) is 11.8. The molecule has 0 radical (unpaired) electrons. The Labute approximate surface area is 180 Å². The van der Waals surface area contributed by atoms with Crippen LogP contribution in [0.1, 0.15) is 26.0 Å². The van der Waals surface area contributed by atoms with E-state index < -0.39 is 15.6 Å². The lowest BCUT2D eigenvalue weighted by molar-refractivity contribution is 0.341. The van der Waals surface area contributed by atoms with Crippen LogP contribution >= 0.6 is 0 Å². The summed E-state index contributed by atoms with van der Waals surface area (Å²) in [4.78, 5) is 20.1. The molecule has 0 spiro atoms. The van der Waals surface area contributed by atoms with Crippen molar-refractivity contribution < 1.29 is 13.2 Å². The Morgan fingerprint density at radius 1 is 1.16 bits per heavy atom. The van der Waals surface area contributed by atoms with Crippen molar-refractivity contribution in [2.45, 2.75) is 31.6 Å². The van der Waals surface area contributed by atoms with Crippen molar-refractivity contribution >= 4 is 21.1 Å². The minimum atomic E-state index is -3.68. The molecule has 0 amide bonds. The molecular formula is C20H26N6O4S. The fourth-order valence-corrected chi connectivity index (χ4v) is 5.15. The van der Waals surface area contributed by atoms with Gasteiger partial charge in [0, 0.05) is 26.2 Å². The van der Waals surface area contributed by atoms with E-state index in [1.165, 1.54) is 16.4 Å². The number of aromatic nitrogens is 4. The number of fused-ring (bicyclic) bond motifs is 1. The summed E-state index contributed by atoms with van der Waals surface area (Å²) in [5, 5.41) is 10.1. The number of ether oxygens (including phenoxy) is 1. The van der Waals surface area contributed by atoms with Gasteiger partial charge in [-0.15, -0.1) is 0 Å². The van der Waals surface area contributed by atoms with Crippen LogP contribution in [0.25, 0.3) is 22.4 Å². The number of nitrogens with zero attached hydrogens (tertiary/aromatic N) is 3. The minimum absolute atomic E-state index is 0.136. The number of nitrogens with one attached hydrogen (secondary N) is 3. The number of piperazine rings is 1. The van der Waals surface area contributed by atoms with Crippen molar-refractivity contribution in [2.75, 3.05) is 32.8 Å². The Bertz CT molecular complexity index is 1240. The summed E-state index contributed by atoms with van der Waals surface area (Å²) >= 11 is 0. The summed E-state index contributed by atoms with van der Waals surface area (Å²) in [6.45, 7) is 6.27. The van der Waals surface area contributed by atoms with Crippen molar-refractivity contribution in [2.24, 2.45) is 0 Å². The first-order chi connectivity index (χ1) is 15.0. The van der Waals surface area contributed by atoms with Gasteiger partial charge in [-0.1, -0.05) is 13.3 Å². The Kier molecular flexibility index (Phi) is 6.08. The van der Waals surface area contributed by atoms with E-state index in [9.17, 15) is 13.2 Å². The summed E-state index contributed by atoms with van der Waals surface area (Å²) in [5.74, 6) is 0.696. The van der Waals surface area contributed by atoms with Gasteiger partial charge in [0.1, 0.15) is 17.1 Å². The second kappa shape index (κ2) is 8.77. The van der Waals surface area contributed by atoms with E-state index >= 15 is 0 Å². The number of sulfonamides is 1. The molecule has 0 atom stereocenters. The molecule has 1 fully saturated rings. The van der Waals surface area contributed by atoms with Crippen LogP contribution in [-0.2, 0) is 16.4 Å². The molecule has 3 aromatic rings. The van der Waals surface area contributed by atoms with E-state index in [0.29, 0.717) is 56.0 Å². The van der Waals surface area contributed by atoms with Crippen molar-refractivity contribution in [1.82, 2.24) is 29.8 Å². The molecule has 4 rings (SSSR count). The van der Waals surface area contributed by atoms with Crippen molar-refractivity contribution in [3.8, 4) is 17.1 Å². The summed E-state index contributed by atoms with van der Waals surface area (Å²) in [7, 11) is -3.68. The Morgan fingerprint density at radius 3 is 2.65 bits per heavy atom. The van der Waals surface area contributed by atoms with Crippen LogP contribution < -0.4 is 15.6 Å². The molecule has 0 bridgehead atoms. The summed E-state index contributed by atoms with van der Waals surface area (Å²) in [6, 6.07) is 4.66. The number of hydrogen-bond acceptors (Lipinski definition) is 7. The molecule has 0 aliphatic carbocycles. The van der Waals surface area contributed by atoms with Gasteiger partial charge in [-0.2, -0.15) is 9.40 Å². The molecule has 3 N–H and O–H groups in total. The maximum absolute atomic E-state index is 13.2. The fraction of sp³-hybridized carbons (Fsp3) is 0.450. The molecule has 1 aromatic carbocycles. The second-order valence-electron chi connectivity index (χ2n) is 7.31. The highest BCUT2D eigenvalue weighted by molar-refractivity contribution is 7.89. The molecular weight excluding hydrogens is 420 g/mol. The minimum Gasteiger partial charge on any atom is -0.493 e. The standard InChI is InChI=1S/C20H26N6O4S/c1-3-5-15-17-18(25-24-15)20(27)23-19(22-17)14-12-13(6-7-16(14)30-4-2)31(28,29)26-10-8-21-9-11-26/h6-7,12,21H,3-5,8-11H2,1-2H3,(H,24,25)(H,22,23,27). The zero-order valence-corrected chi connectivity index (χ0v) is 18.4. The van der Waals surface area contributed by atoms with Gasteiger partial charge in [0.15, 0.2) is 5.52 Å². The van der Waals surface area contributed by atoms with Gasteiger partial charge >= 0.3 is 0 Å². The van der Waals surface area contributed by atoms with E-state index in [1.54, 1.807) is 6.07 Å².